The van der Waals surface area contributed by atoms with Crippen molar-refractivity contribution in [3.05, 3.63) is 70.5 Å². The Kier molecular flexibility index (Phi) is 5.45. The monoisotopic (exact) mass is 434 g/mol. The number of halogens is 1. The van der Waals surface area contributed by atoms with E-state index < -0.39 is 0 Å². The number of aliphatic hydroxyl groups is 1. The fourth-order valence-corrected chi connectivity index (χ4v) is 6.77. The van der Waals surface area contributed by atoms with E-state index in [-0.39, 0.29) is 23.1 Å². The highest BCUT2D eigenvalue weighted by atomic mass is 19.1. The predicted molar refractivity (Wildman–Crippen MR) is 123 cm³/mol. The van der Waals surface area contributed by atoms with Gasteiger partial charge in [-0.15, -0.1) is 0 Å². The number of rotatable bonds is 4. The van der Waals surface area contributed by atoms with Crippen molar-refractivity contribution in [1.29, 1.82) is 0 Å². The van der Waals surface area contributed by atoms with Crippen LogP contribution in [0, 0.1) is 23.1 Å². The number of ketones is 1. The molecule has 1 N–H and O–H groups in total. The van der Waals surface area contributed by atoms with E-state index in [9.17, 15) is 14.3 Å². The summed E-state index contributed by atoms with van der Waals surface area (Å²) in [5.74, 6) is 1.98. The molecule has 168 valence electrons. The van der Waals surface area contributed by atoms with Gasteiger partial charge < -0.3 is 9.84 Å². The summed E-state index contributed by atoms with van der Waals surface area (Å²) in [7, 11) is 1.67. The van der Waals surface area contributed by atoms with E-state index in [1.165, 1.54) is 41.8 Å². The summed E-state index contributed by atoms with van der Waals surface area (Å²) >= 11 is 0. The zero-order chi connectivity index (χ0) is 22.5. The molecule has 0 unspecified atom stereocenters. The zero-order valence-corrected chi connectivity index (χ0v) is 18.8. The number of carbonyl (C=O) groups is 1. The summed E-state index contributed by atoms with van der Waals surface area (Å²) in [5.41, 5.74) is 4.18. The van der Waals surface area contributed by atoms with Gasteiger partial charge in [-0.1, -0.05) is 6.92 Å². The van der Waals surface area contributed by atoms with Gasteiger partial charge in [-0.25, -0.2) is 4.39 Å². The molecule has 2 saturated carbocycles. The van der Waals surface area contributed by atoms with Crippen molar-refractivity contribution in [2.75, 3.05) is 7.11 Å². The average molecular weight is 435 g/mol. The van der Waals surface area contributed by atoms with Crippen molar-refractivity contribution < 1.29 is 19.0 Å². The number of aryl methyl sites for hydroxylation is 1. The fraction of sp³-hybridized carbons (Fsp3) is 0.464. The van der Waals surface area contributed by atoms with Crippen LogP contribution in [0.1, 0.15) is 72.0 Å². The van der Waals surface area contributed by atoms with Crippen LogP contribution in [0.15, 0.2) is 42.5 Å². The van der Waals surface area contributed by atoms with Gasteiger partial charge in [0.25, 0.3) is 0 Å². The molecular weight excluding hydrogens is 403 g/mol. The van der Waals surface area contributed by atoms with E-state index in [4.69, 9.17) is 4.74 Å². The molecule has 0 radical (unpaired) electrons. The van der Waals surface area contributed by atoms with Gasteiger partial charge in [-0.05, 0) is 121 Å². The lowest BCUT2D eigenvalue weighted by molar-refractivity contribution is -0.0226. The first-order valence-corrected chi connectivity index (χ1v) is 11.8. The van der Waals surface area contributed by atoms with Gasteiger partial charge >= 0.3 is 0 Å². The predicted octanol–water partition coefficient (Wildman–Crippen LogP) is 5.95. The van der Waals surface area contributed by atoms with Crippen LogP contribution in [-0.4, -0.2) is 24.1 Å². The van der Waals surface area contributed by atoms with Gasteiger partial charge in [0.05, 0.1) is 13.2 Å². The van der Waals surface area contributed by atoms with Crippen LogP contribution in [0.2, 0.25) is 0 Å². The largest absolute Gasteiger partial charge is 0.496 e. The van der Waals surface area contributed by atoms with Gasteiger partial charge in [0.15, 0.2) is 5.78 Å². The molecule has 0 bridgehead atoms. The van der Waals surface area contributed by atoms with Gasteiger partial charge in [-0.3, -0.25) is 4.79 Å². The fourth-order valence-electron chi connectivity index (χ4n) is 6.77. The lowest BCUT2D eigenvalue weighted by Crippen LogP contribution is -2.43. The molecule has 0 aromatic heterocycles. The summed E-state index contributed by atoms with van der Waals surface area (Å²) < 4.78 is 18.8. The number of benzene rings is 2. The standard InChI is InChI=1S/C28H31FO3/c1-28-14-13-21-22(24(28)10-12-27(28)31)9-5-18-16-26(32-2)19(15-23(18)21)6-11-25(30)17-3-7-20(29)8-4-17/h3-4,6-8,11,15-16,21-22,24,27,31H,5,9-10,12-14H2,1-2H3/b11-6+/t21-,22+,24-,27-,28-/m0/s1. The van der Waals surface area contributed by atoms with Gasteiger partial charge in [0.2, 0.25) is 0 Å². The molecule has 0 heterocycles. The Bertz CT molecular complexity index is 1060. The molecule has 3 nitrogen and oxygen atoms in total. The molecule has 2 aromatic carbocycles. The van der Waals surface area contributed by atoms with Crippen LogP contribution < -0.4 is 4.74 Å². The number of carbonyl (C=O) groups excluding carboxylic acids is 1. The molecule has 2 fully saturated rings. The van der Waals surface area contributed by atoms with Gasteiger partial charge in [0.1, 0.15) is 11.6 Å². The molecule has 4 heteroatoms. The Balaban J connectivity index is 1.45. The van der Waals surface area contributed by atoms with Crippen molar-refractivity contribution in [3.8, 4) is 5.75 Å². The normalized spacial score (nSPS) is 31.1. The van der Waals surface area contributed by atoms with Crippen LogP contribution in [0.5, 0.6) is 5.75 Å². The number of hydrogen-bond donors (Lipinski definition) is 1. The molecular formula is C28H31FO3. The first-order valence-electron chi connectivity index (χ1n) is 11.8. The number of allylic oxidation sites excluding steroid dienone is 1. The van der Waals surface area contributed by atoms with E-state index in [2.05, 4.69) is 19.1 Å². The summed E-state index contributed by atoms with van der Waals surface area (Å²) in [6.45, 7) is 2.30. The maximum Gasteiger partial charge on any atom is 0.185 e. The van der Waals surface area contributed by atoms with Crippen molar-refractivity contribution in [1.82, 2.24) is 0 Å². The zero-order valence-electron chi connectivity index (χ0n) is 18.8. The van der Waals surface area contributed by atoms with Crippen LogP contribution in [0.4, 0.5) is 4.39 Å². The van der Waals surface area contributed by atoms with Crippen molar-refractivity contribution in [2.24, 2.45) is 17.3 Å². The molecule has 3 aliphatic carbocycles. The minimum Gasteiger partial charge on any atom is -0.496 e. The third kappa shape index (κ3) is 3.49. The number of ether oxygens (including phenoxy) is 1. The molecule has 5 atom stereocenters. The smallest absolute Gasteiger partial charge is 0.185 e. The highest BCUT2D eigenvalue weighted by Gasteiger charge is 2.54. The Hall–Kier alpha value is -2.46. The first-order chi connectivity index (χ1) is 15.4. The van der Waals surface area contributed by atoms with E-state index in [0.717, 1.165) is 43.4 Å². The Morgan fingerprint density at radius 3 is 2.69 bits per heavy atom. The van der Waals surface area contributed by atoms with E-state index in [1.54, 1.807) is 13.2 Å². The molecule has 0 spiro atoms. The average Bonchev–Trinajstić information content (AvgIpc) is 3.11. The van der Waals surface area contributed by atoms with E-state index in [0.29, 0.717) is 23.3 Å². The molecule has 32 heavy (non-hydrogen) atoms. The summed E-state index contributed by atoms with van der Waals surface area (Å²) in [5, 5.41) is 10.6. The van der Waals surface area contributed by atoms with Crippen molar-refractivity contribution in [3.63, 3.8) is 0 Å². The third-order valence-electron chi connectivity index (χ3n) is 8.57. The summed E-state index contributed by atoms with van der Waals surface area (Å²) in [6.07, 6.45) is 9.64. The van der Waals surface area contributed by atoms with E-state index >= 15 is 0 Å². The Labute approximate surface area is 189 Å². The lowest BCUT2D eigenvalue weighted by atomic mass is 9.55. The van der Waals surface area contributed by atoms with Crippen LogP contribution in [-0.2, 0) is 6.42 Å². The van der Waals surface area contributed by atoms with E-state index in [1.807, 2.05) is 6.08 Å². The van der Waals surface area contributed by atoms with Crippen LogP contribution in [0.25, 0.3) is 6.08 Å². The summed E-state index contributed by atoms with van der Waals surface area (Å²) in [6, 6.07) is 9.98. The number of methoxy groups -OCH3 is 1. The van der Waals surface area contributed by atoms with Crippen LogP contribution in [0.3, 0.4) is 0 Å². The lowest BCUT2D eigenvalue weighted by Gasteiger charge is -2.50. The molecule has 2 aromatic rings. The minimum atomic E-state index is -0.352. The number of fused-ring (bicyclic) bond motifs is 5. The summed E-state index contributed by atoms with van der Waals surface area (Å²) in [4.78, 5) is 12.6. The molecule has 0 aliphatic heterocycles. The van der Waals surface area contributed by atoms with Crippen LogP contribution >= 0.6 is 0 Å². The molecule has 0 saturated heterocycles. The van der Waals surface area contributed by atoms with Gasteiger partial charge in [-0.2, -0.15) is 0 Å². The second-order valence-electron chi connectivity index (χ2n) is 10.1. The molecule has 5 rings (SSSR count). The maximum atomic E-state index is 13.2. The SMILES string of the molecule is COc1cc2c(cc1/C=C/C(=O)c1ccc(F)cc1)[C@H]1CC[C@]3(C)[C@@H](O)CC[C@H]3[C@@H]1CC2. The number of hydrogen-bond acceptors (Lipinski definition) is 3. The van der Waals surface area contributed by atoms with Crippen molar-refractivity contribution in [2.45, 2.75) is 57.5 Å². The number of aliphatic hydroxyl groups excluding tert-OH is 1. The second kappa shape index (κ2) is 8.15. The Morgan fingerprint density at radius 2 is 1.94 bits per heavy atom. The van der Waals surface area contributed by atoms with Crippen molar-refractivity contribution >= 4 is 11.9 Å². The minimum absolute atomic E-state index is 0.0649. The third-order valence-corrected chi connectivity index (χ3v) is 8.57. The Morgan fingerprint density at radius 1 is 1.16 bits per heavy atom. The molecule has 0 amide bonds. The topological polar surface area (TPSA) is 46.5 Å². The second-order valence-corrected chi connectivity index (χ2v) is 10.1. The first kappa shape index (κ1) is 21.4. The quantitative estimate of drug-likeness (QED) is 0.478. The highest BCUT2D eigenvalue weighted by Crippen LogP contribution is 2.61. The molecule has 3 aliphatic rings. The maximum absolute atomic E-state index is 13.2. The highest BCUT2D eigenvalue weighted by molar-refractivity contribution is 6.06. The van der Waals surface area contributed by atoms with Gasteiger partial charge in [0, 0.05) is 11.1 Å².